The first-order chi connectivity index (χ1) is 29.7. The summed E-state index contributed by atoms with van der Waals surface area (Å²) in [5.74, 6) is 2.38. The van der Waals surface area contributed by atoms with Crippen molar-refractivity contribution in [1.29, 1.82) is 0 Å². The summed E-state index contributed by atoms with van der Waals surface area (Å²) in [6.07, 6.45) is 6.53. The first-order valence-electron chi connectivity index (χ1n) is 18.2. The topological polar surface area (TPSA) is 236 Å². The number of nitrogen functional groups attached to an aromatic ring is 1. The number of rotatable bonds is 8. The predicted octanol–water partition coefficient (Wildman–Crippen LogP) is 11.2. The van der Waals surface area contributed by atoms with Crippen molar-refractivity contribution in [2.45, 2.75) is 14.9 Å². The minimum absolute atomic E-state index is 0. The van der Waals surface area contributed by atoms with Crippen LogP contribution in [0.2, 0.25) is 0 Å². The van der Waals surface area contributed by atoms with Crippen molar-refractivity contribution in [3.8, 4) is 57.0 Å². The number of benzene rings is 4. The first-order valence-corrected chi connectivity index (χ1v) is 19.7. The number of para-hydroxylation sites is 2. The van der Waals surface area contributed by atoms with Gasteiger partial charge in [0.2, 0.25) is 13.6 Å². The van der Waals surface area contributed by atoms with Gasteiger partial charge in [-0.3, -0.25) is 9.97 Å². The molecule has 8 aromatic rings. The van der Waals surface area contributed by atoms with E-state index in [1.54, 1.807) is 110 Å². The largest absolute Gasteiger partial charge is 0.525 e. The fourth-order valence-electron chi connectivity index (χ4n) is 6.10. The molecule has 0 radical (unpaired) electrons. The second-order valence-electron chi connectivity index (χ2n) is 12.8. The van der Waals surface area contributed by atoms with Crippen LogP contribution in [0, 0.1) is 0 Å². The molecule has 18 heteroatoms. The van der Waals surface area contributed by atoms with E-state index in [9.17, 15) is 14.5 Å². The van der Waals surface area contributed by atoms with Crippen molar-refractivity contribution in [1.82, 2.24) is 19.9 Å². The summed E-state index contributed by atoms with van der Waals surface area (Å²) in [6.45, 7) is 0.449. The van der Waals surface area contributed by atoms with Crippen LogP contribution in [0.1, 0.15) is 25.2 Å². The average Bonchev–Trinajstić information content (AvgIpc) is 3.97. The van der Waals surface area contributed by atoms with E-state index >= 15 is 0 Å². The number of azide groups is 1. The minimum Gasteiger partial charge on any atom is -0.478 e. The lowest BCUT2D eigenvalue weighted by Crippen LogP contribution is -2.00. The zero-order valence-corrected chi connectivity index (χ0v) is 32.5. The summed E-state index contributed by atoms with van der Waals surface area (Å²) < 4.78 is 43.9. The third-order valence-electron chi connectivity index (χ3n) is 8.90. The number of carbonyl (C=O) groups is 1. The molecule has 17 nitrogen and oxygen atoms in total. The molecule has 0 amide bonds. The second kappa shape index (κ2) is 19.8. The lowest BCUT2D eigenvalue weighted by Gasteiger charge is -2.14. The van der Waals surface area contributed by atoms with Gasteiger partial charge in [-0.2, -0.15) is 0 Å². The molecular weight excluding hydrogens is 828 g/mol. The third-order valence-corrected chi connectivity index (χ3v) is 10.1. The molecule has 0 fully saturated rings. The third kappa shape index (κ3) is 10.3. The monoisotopic (exact) mass is 866 g/mol. The Balaban J connectivity index is 0.000000155. The standard InChI is InChI=1S/C16H10N2O4.C15H11N3O2.C12H10N3O3P.2CH4/c19-16(20)11-6-12(18-13-7-17-4-3-10(11)13)9-1-2-14-15(5-9)22-8-21-14;16-11-6-12(18-13-7-17-4-3-10(11)13)9-1-2-14-15(5-9)20-8-19-14;13-14-15-19(16,17-11-7-3-1-4-8-11)18-12-9-5-2-6-10-12;;/h1-7H,8H2,(H,19,20);1-7H,8H2,(H2,16,18);1-10H;2*1H4. The Kier molecular flexibility index (Phi) is 13.9. The Morgan fingerprint density at radius 2 is 1.14 bits per heavy atom. The van der Waals surface area contributed by atoms with Crippen molar-refractivity contribution >= 4 is 41.2 Å². The number of pyridine rings is 4. The molecule has 4 aromatic heterocycles. The van der Waals surface area contributed by atoms with Crippen molar-refractivity contribution in [3.63, 3.8) is 0 Å². The summed E-state index contributed by atoms with van der Waals surface area (Å²) in [5, 5.41) is 10.9. The molecule has 3 N–H and O–H groups in total. The van der Waals surface area contributed by atoms with E-state index < -0.39 is 13.7 Å². The van der Waals surface area contributed by atoms with E-state index in [1.165, 1.54) is 0 Å². The number of hydrogen-bond acceptors (Lipinski definition) is 13. The van der Waals surface area contributed by atoms with Gasteiger partial charge in [0.25, 0.3) is 0 Å². The van der Waals surface area contributed by atoms with Crippen molar-refractivity contribution in [2.75, 3.05) is 19.3 Å². The molecule has 0 atom stereocenters. The molecule has 0 unspecified atom stereocenters. The van der Waals surface area contributed by atoms with Crippen molar-refractivity contribution in [2.24, 2.45) is 4.88 Å². The Morgan fingerprint density at radius 1 is 0.667 bits per heavy atom. The molecule has 0 bridgehead atoms. The van der Waals surface area contributed by atoms with Crippen LogP contribution in [0.4, 0.5) is 5.69 Å². The Labute approximate surface area is 360 Å². The van der Waals surface area contributed by atoms with Crippen LogP contribution in [-0.4, -0.2) is 44.6 Å². The number of carboxylic acids is 1. The highest BCUT2D eigenvalue weighted by atomic mass is 31.2. The molecular formula is C45H39N8O9P. The number of aromatic carboxylic acids is 1. The SMILES string of the molecule is C.C.Nc1cc(-c2ccc3c(c2)OCO3)nc2cnccc12.O=C(O)c1cc(-c2ccc3c(c2)OCO3)nc2cnccc12.[N-]=[N+]=NP(=O)(Oc1ccccc1)Oc1ccccc1. The smallest absolute Gasteiger partial charge is 0.478 e. The van der Waals surface area contributed by atoms with E-state index in [2.05, 4.69) is 29.7 Å². The molecule has 6 heterocycles. The van der Waals surface area contributed by atoms with E-state index in [0.29, 0.717) is 45.3 Å². The normalized spacial score (nSPS) is 11.6. The van der Waals surface area contributed by atoms with Crippen LogP contribution < -0.4 is 33.7 Å². The van der Waals surface area contributed by atoms with E-state index in [-0.39, 0.29) is 34.0 Å². The maximum atomic E-state index is 12.3. The zero-order chi connectivity index (χ0) is 42.2. The molecule has 63 heavy (non-hydrogen) atoms. The lowest BCUT2D eigenvalue weighted by molar-refractivity contribution is 0.0699. The van der Waals surface area contributed by atoms with Gasteiger partial charge in [0.1, 0.15) is 11.5 Å². The predicted molar refractivity (Wildman–Crippen MR) is 238 cm³/mol. The van der Waals surface area contributed by atoms with E-state index in [0.717, 1.165) is 39.2 Å². The van der Waals surface area contributed by atoms with Crippen LogP contribution in [0.15, 0.2) is 151 Å². The van der Waals surface area contributed by atoms with Crippen molar-refractivity contribution < 1.29 is 42.5 Å². The maximum Gasteiger partial charge on any atom is 0.525 e. The summed E-state index contributed by atoms with van der Waals surface area (Å²) in [7, 11) is -3.95. The minimum atomic E-state index is -3.95. The van der Waals surface area contributed by atoms with E-state index in [4.69, 9.17) is 39.3 Å². The van der Waals surface area contributed by atoms with Crippen molar-refractivity contribution in [3.05, 3.63) is 162 Å². The number of anilines is 1. The van der Waals surface area contributed by atoms with Gasteiger partial charge in [0.15, 0.2) is 23.0 Å². The summed E-state index contributed by atoms with van der Waals surface area (Å²) in [4.78, 5) is 34.3. The highest BCUT2D eigenvalue weighted by Gasteiger charge is 2.27. The van der Waals surface area contributed by atoms with Crippen LogP contribution in [-0.2, 0) is 4.57 Å². The van der Waals surface area contributed by atoms with Gasteiger partial charge >= 0.3 is 13.7 Å². The van der Waals surface area contributed by atoms with Gasteiger partial charge in [-0.15, -0.1) is 0 Å². The Morgan fingerprint density at radius 3 is 1.65 bits per heavy atom. The number of ether oxygens (including phenoxy) is 4. The molecule has 0 aliphatic carbocycles. The number of carboxylic acid groups (broad SMARTS) is 1. The quantitative estimate of drug-likeness (QED) is 0.0625. The van der Waals surface area contributed by atoms with Crippen LogP contribution >= 0.6 is 7.75 Å². The lowest BCUT2D eigenvalue weighted by atomic mass is 10.0. The van der Waals surface area contributed by atoms with Gasteiger partial charge in [0, 0.05) is 49.8 Å². The molecule has 318 valence electrons. The summed E-state index contributed by atoms with van der Waals surface area (Å²) in [5.41, 5.74) is 19.8. The number of hydrogen-bond donors (Lipinski definition) is 2. The fourth-order valence-corrected chi connectivity index (χ4v) is 7.09. The molecule has 10 rings (SSSR count). The highest BCUT2D eigenvalue weighted by Crippen LogP contribution is 2.50. The van der Waals surface area contributed by atoms with Gasteiger partial charge in [-0.1, -0.05) is 51.3 Å². The highest BCUT2D eigenvalue weighted by molar-refractivity contribution is 7.53. The van der Waals surface area contributed by atoms with E-state index in [1.807, 2.05) is 36.4 Å². The molecule has 0 saturated carbocycles. The van der Waals surface area contributed by atoms with Crippen LogP contribution in [0.5, 0.6) is 34.5 Å². The zero-order valence-electron chi connectivity index (χ0n) is 31.6. The molecule has 0 saturated heterocycles. The molecule has 0 spiro atoms. The molecule has 2 aliphatic rings. The van der Waals surface area contributed by atoms with Gasteiger partial charge in [-0.25, -0.2) is 19.3 Å². The molecule has 4 aromatic carbocycles. The Hall–Kier alpha value is -8.39. The van der Waals surface area contributed by atoms with Crippen LogP contribution in [0.25, 0.3) is 54.8 Å². The maximum absolute atomic E-state index is 12.3. The first kappa shape index (κ1) is 44.2. The average molecular weight is 867 g/mol. The molecule has 2 aliphatic heterocycles. The summed E-state index contributed by atoms with van der Waals surface area (Å²) in [6, 6.07) is 34.8. The number of nitrogens with zero attached hydrogens (tertiary/aromatic N) is 7. The van der Waals surface area contributed by atoms with Gasteiger partial charge in [-0.05, 0) is 90.5 Å². The number of fused-ring (bicyclic) bond motifs is 4. The fraction of sp³-hybridized carbons (Fsp3) is 0.0889. The number of aromatic nitrogens is 4. The van der Waals surface area contributed by atoms with Gasteiger partial charge < -0.3 is 38.8 Å². The Bertz CT molecular complexity index is 2950. The number of nitrogens with two attached hydrogens (primary N) is 1. The van der Waals surface area contributed by atoms with Gasteiger partial charge in [0.05, 0.1) is 40.4 Å². The van der Waals surface area contributed by atoms with Crippen LogP contribution in [0.3, 0.4) is 0 Å². The second-order valence-corrected chi connectivity index (χ2v) is 14.3. The summed E-state index contributed by atoms with van der Waals surface area (Å²) >= 11 is 0.